The van der Waals surface area contributed by atoms with Crippen LogP contribution in [0.2, 0.25) is 0 Å². The van der Waals surface area contributed by atoms with Crippen LogP contribution in [0.15, 0.2) is 16.6 Å². The predicted octanol–water partition coefficient (Wildman–Crippen LogP) is 2.68. The third-order valence-electron chi connectivity index (χ3n) is 3.18. The van der Waals surface area contributed by atoms with Crippen LogP contribution in [0, 0.1) is 5.92 Å². The van der Waals surface area contributed by atoms with Gasteiger partial charge in [-0.05, 0) is 58.9 Å². The Hall–Kier alpha value is -0.780. The van der Waals surface area contributed by atoms with E-state index in [4.69, 9.17) is 14.6 Å². The first-order chi connectivity index (χ1) is 9.20. The van der Waals surface area contributed by atoms with Crippen LogP contribution in [0.1, 0.15) is 25.3 Å². The van der Waals surface area contributed by atoms with E-state index in [1.165, 1.54) is 5.56 Å². The van der Waals surface area contributed by atoms with Gasteiger partial charge in [0.15, 0.2) is 11.5 Å². The Bertz CT molecular complexity index is 425. The molecule has 0 spiro atoms. The highest BCUT2D eigenvalue weighted by Crippen LogP contribution is 2.39. The molecule has 106 valence electrons. The van der Waals surface area contributed by atoms with Crippen molar-refractivity contribution < 1.29 is 14.6 Å². The van der Waals surface area contributed by atoms with Crippen molar-refractivity contribution in [1.29, 1.82) is 0 Å². The number of benzene rings is 1. The molecule has 0 amide bonds. The largest absolute Gasteiger partial charge is 0.454 e. The number of nitrogens with one attached hydrogen (secondary N) is 1. The minimum Gasteiger partial charge on any atom is -0.454 e. The van der Waals surface area contributed by atoms with Gasteiger partial charge in [0.2, 0.25) is 6.79 Å². The Balaban J connectivity index is 1.76. The highest BCUT2D eigenvalue weighted by Gasteiger charge is 2.17. The van der Waals surface area contributed by atoms with E-state index in [1.54, 1.807) is 0 Å². The first kappa shape index (κ1) is 14.6. The van der Waals surface area contributed by atoms with Crippen molar-refractivity contribution in [3.05, 3.63) is 22.2 Å². The molecule has 5 heteroatoms. The van der Waals surface area contributed by atoms with Crippen LogP contribution in [0.4, 0.5) is 0 Å². The zero-order valence-electron chi connectivity index (χ0n) is 11.1. The molecule has 1 aromatic carbocycles. The Morgan fingerprint density at radius 3 is 3.05 bits per heavy atom. The fraction of sp³-hybridized carbons (Fsp3) is 0.571. The minimum atomic E-state index is 0.273. The van der Waals surface area contributed by atoms with E-state index in [-0.39, 0.29) is 6.61 Å². The Morgan fingerprint density at radius 2 is 2.26 bits per heavy atom. The lowest BCUT2D eigenvalue weighted by Gasteiger charge is -2.09. The second-order valence-electron chi connectivity index (χ2n) is 4.92. The molecule has 1 aliphatic heterocycles. The van der Waals surface area contributed by atoms with Crippen molar-refractivity contribution in [3.63, 3.8) is 0 Å². The molecule has 1 unspecified atom stereocenters. The van der Waals surface area contributed by atoms with E-state index in [0.29, 0.717) is 12.7 Å². The number of aliphatic hydroxyl groups excluding tert-OH is 1. The third-order valence-corrected chi connectivity index (χ3v) is 3.77. The number of rotatable bonds is 7. The van der Waals surface area contributed by atoms with Crippen LogP contribution in [0.25, 0.3) is 0 Å². The maximum absolute atomic E-state index is 8.94. The first-order valence-electron chi connectivity index (χ1n) is 6.60. The second kappa shape index (κ2) is 7.12. The zero-order valence-corrected chi connectivity index (χ0v) is 12.7. The summed E-state index contributed by atoms with van der Waals surface area (Å²) in [6, 6.07) is 4.06. The summed E-state index contributed by atoms with van der Waals surface area (Å²) in [4.78, 5) is 0. The Labute approximate surface area is 122 Å². The van der Waals surface area contributed by atoms with Crippen molar-refractivity contribution in [3.8, 4) is 11.5 Å². The van der Waals surface area contributed by atoms with Gasteiger partial charge in [0.1, 0.15) is 0 Å². The summed E-state index contributed by atoms with van der Waals surface area (Å²) < 4.78 is 11.7. The lowest BCUT2D eigenvalue weighted by atomic mass is 10.1. The molecule has 1 heterocycles. The van der Waals surface area contributed by atoms with Gasteiger partial charge in [0.25, 0.3) is 0 Å². The molecule has 1 aliphatic rings. The number of hydrogen-bond acceptors (Lipinski definition) is 4. The van der Waals surface area contributed by atoms with E-state index in [2.05, 4.69) is 34.2 Å². The van der Waals surface area contributed by atoms with Crippen LogP contribution in [0.5, 0.6) is 11.5 Å². The third kappa shape index (κ3) is 4.09. The van der Waals surface area contributed by atoms with E-state index >= 15 is 0 Å². The van der Waals surface area contributed by atoms with Crippen LogP contribution in [-0.2, 0) is 6.54 Å². The number of hydrogen-bond donors (Lipinski definition) is 2. The zero-order chi connectivity index (χ0) is 13.7. The average Bonchev–Trinajstić information content (AvgIpc) is 2.87. The summed E-state index contributed by atoms with van der Waals surface area (Å²) in [5, 5.41) is 12.3. The van der Waals surface area contributed by atoms with Gasteiger partial charge in [-0.2, -0.15) is 0 Å². The SMILES string of the molecule is CC(CO)CCCNCc1cc(Br)c2c(c1)OCO2. The van der Waals surface area contributed by atoms with Crippen LogP contribution >= 0.6 is 15.9 Å². The summed E-state index contributed by atoms with van der Waals surface area (Å²) in [6.45, 7) is 4.40. The Morgan fingerprint density at radius 1 is 1.42 bits per heavy atom. The molecular weight excluding hydrogens is 310 g/mol. The van der Waals surface area contributed by atoms with Gasteiger partial charge in [-0.15, -0.1) is 0 Å². The van der Waals surface area contributed by atoms with E-state index in [0.717, 1.165) is 41.9 Å². The number of ether oxygens (including phenoxy) is 2. The topological polar surface area (TPSA) is 50.7 Å². The van der Waals surface area contributed by atoms with Crippen LogP contribution in [0.3, 0.4) is 0 Å². The van der Waals surface area contributed by atoms with E-state index < -0.39 is 0 Å². The van der Waals surface area contributed by atoms with Crippen molar-refractivity contribution in [1.82, 2.24) is 5.32 Å². The van der Waals surface area contributed by atoms with Crippen LogP contribution in [-0.4, -0.2) is 25.1 Å². The predicted molar refractivity (Wildman–Crippen MR) is 77.5 cm³/mol. The van der Waals surface area contributed by atoms with E-state index in [9.17, 15) is 0 Å². The first-order valence-corrected chi connectivity index (χ1v) is 7.39. The minimum absolute atomic E-state index is 0.273. The summed E-state index contributed by atoms with van der Waals surface area (Å²) in [5.41, 5.74) is 1.17. The highest BCUT2D eigenvalue weighted by atomic mass is 79.9. The molecular formula is C14H20BrNO3. The number of aliphatic hydroxyl groups is 1. The highest BCUT2D eigenvalue weighted by molar-refractivity contribution is 9.10. The molecule has 0 saturated carbocycles. The fourth-order valence-corrected chi connectivity index (χ4v) is 2.63. The molecule has 0 bridgehead atoms. The molecule has 0 radical (unpaired) electrons. The summed E-state index contributed by atoms with van der Waals surface area (Å²) in [7, 11) is 0. The Kier molecular flexibility index (Phi) is 5.48. The summed E-state index contributed by atoms with van der Waals surface area (Å²) in [6.07, 6.45) is 2.13. The second-order valence-corrected chi connectivity index (χ2v) is 5.77. The van der Waals surface area contributed by atoms with Gasteiger partial charge in [-0.3, -0.25) is 0 Å². The van der Waals surface area contributed by atoms with Crippen LogP contribution < -0.4 is 14.8 Å². The van der Waals surface area contributed by atoms with Gasteiger partial charge in [0.05, 0.1) is 4.47 Å². The molecule has 19 heavy (non-hydrogen) atoms. The molecule has 2 N–H and O–H groups in total. The standard InChI is InChI=1S/C14H20BrNO3/c1-10(8-17)3-2-4-16-7-11-5-12(15)14-13(6-11)18-9-19-14/h5-6,10,16-17H,2-4,7-9H2,1H3. The number of halogens is 1. The van der Waals surface area contributed by atoms with Gasteiger partial charge >= 0.3 is 0 Å². The van der Waals surface area contributed by atoms with Gasteiger partial charge in [0, 0.05) is 13.2 Å². The van der Waals surface area contributed by atoms with Crippen molar-refractivity contribution in [2.75, 3.05) is 19.9 Å². The van der Waals surface area contributed by atoms with Gasteiger partial charge in [-0.1, -0.05) is 6.92 Å². The number of fused-ring (bicyclic) bond motifs is 1. The maximum atomic E-state index is 8.94. The fourth-order valence-electron chi connectivity index (χ4n) is 2.02. The normalized spacial score (nSPS) is 14.7. The lowest BCUT2D eigenvalue weighted by Crippen LogP contribution is -2.16. The van der Waals surface area contributed by atoms with Crippen molar-refractivity contribution >= 4 is 15.9 Å². The molecule has 4 nitrogen and oxygen atoms in total. The molecule has 2 rings (SSSR count). The smallest absolute Gasteiger partial charge is 0.231 e. The van der Waals surface area contributed by atoms with Crippen molar-refractivity contribution in [2.45, 2.75) is 26.3 Å². The summed E-state index contributed by atoms with van der Waals surface area (Å²) >= 11 is 3.49. The molecule has 1 aromatic rings. The maximum Gasteiger partial charge on any atom is 0.231 e. The molecule has 0 aliphatic carbocycles. The van der Waals surface area contributed by atoms with E-state index in [1.807, 2.05) is 6.07 Å². The lowest BCUT2D eigenvalue weighted by molar-refractivity contribution is 0.173. The molecule has 0 aromatic heterocycles. The summed E-state index contributed by atoms with van der Waals surface area (Å²) in [5.74, 6) is 1.99. The van der Waals surface area contributed by atoms with Gasteiger partial charge < -0.3 is 19.9 Å². The molecule has 0 saturated heterocycles. The van der Waals surface area contributed by atoms with Crippen molar-refractivity contribution in [2.24, 2.45) is 5.92 Å². The molecule has 1 atom stereocenters. The monoisotopic (exact) mass is 329 g/mol. The molecule has 0 fully saturated rings. The average molecular weight is 330 g/mol. The quantitative estimate of drug-likeness (QED) is 0.755. The van der Waals surface area contributed by atoms with Gasteiger partial charge in [-0.25, -0.2) is 0 Å².